The molecule has 0 saturated carbocycles. The molecule has 13 heteroatoms. The fraction of sp³-hybridized carbons (Fsp3) is 0.0385. The number of thiazole rings is 1. The number of aliphatic hydroxyl groups excluding tert-OH is 1. The van der Waals surface area contributed by atoms with E-state index in [1.807, 2.05) is 0 Å². The highest BCUT2D eigenvalue weighted by atomic mass is 35.5. The molecule has 200 valence electrons. The lowest BCUT2D eigenvalue weighted by atomic mass is 9.95. The normalized spacial score (nSPS) is 16.7. The van der Waals surface area contributed by atoms with Crippen LogP contribution in [0.3, 0.4) is 0 Å². The van der Waals surface area contributed by atoms with Gasteiger partial charge in [0.2, 0.25) is 9.84 Å². The van der Waals surface area contributed by atoms with E-state index in [0.29, 0.717) is 11.3 Å². The van der Waals surface area contributed by atoms with Crippen LogP contribution in [0.15, 0.2) is 93.7 Å². The zero-order chi connectivity index (χ0) is 27.2. The summed E-state index contributed by atoms with van der Waals surface area (Å²) in [6.45, 7) is 0. The predicted molar refractivity (Wildman–Crippen MR) is 150 cm³/mol. The van der Waals surface area contributed by atoms with Crippen LogP contribution < -0.4 is 4.90 Å². The topological polar surface area (TPSA) is 145 Å². The number of benzene rings is 3. The summed E-state index contributed by atoms with van der Waals surface area (Å²) in [6.07, 6.45) is 1.10. The average Bonchev–Trinajstić information content (AvgIpc) is 3.50. The van der Waals surface area contributed by atoms with Crippen LogP contribution in [0.5, 0.6) is 11.5 Å². The second-order valence-corrected chi connectivity index (χ2v) is 11.8. The Hall–Kier alpha value is -3.84. The maximum Gasteiger partial charge on any atom is 0.301 e. The van der Waals surface area contributed by atoms with Crippen molar-refractivity contribution in [3.05, 3.63) is 101 Å². The Morgan fingerprint density at radius 2 is 1.64 bits per heavy atom. The highest BCUT2D eigenvalue weighted by molar-refractivity contribution is 7.93. The molecule has 1 unspecified atom stereocenters. The van der Waals surface area contributed by atoms with Crippen molar-refractivity contribution < 1.29 is 33.3 Å². The minimum absolute atomic E-state index is 0. The fourth-order valence-corrected chi connectivity index (χ4v) is 6.77. The maximum absolute atomic E-state index is 13.3. The van der Waals surface area contributed by atoms with Gasteiger partial charge in [0.1, 0.15) is 21.5 Å². The molecule has 0 radical (unpaired) electrons. The van der Waals surface area contributed by atoms with Crippen molar-refractivity contribution >= 4 is 68.9 Å². The maximum atomic E-state index is 13.3. The zero-order valence-corrected chi connectivity index (χ0v) is 23.0. The molecule has 0 bridgehead atoms. The van der Waals surface area contributed by atoms with Gasteiger partial charge in [-0.1, -0.05) is 47.2 Å². The molecule has 9 nitrogen and oxygen atoms in total. The van der Waals surface area contributed by atoms with E-state index in [4.69, 9.17) is 11.6 Å². The number of aromatic hydroxyl groups is 2. The predicted octanol–water partition coefficient (Wildman–Crippen LogP) is 4.78. The van der Waals surface area contributed by atoms with E-state index < -0.39 is 33.3 Å². The molecule has 1 fully saturated rings. The molecule has 39 heavy (non-hydrogen) atoms. The molecule has 1 aliphatic rings. The summed E-state index contributed by atoms with van der Waals surface area (Å²) in [4.78, 5) is 31.7. The number of ketones is 1. The van der Waals surface area contributed by atoms with Crippen LogP contribution in [0, 0.1) is 0 Å². The van der Waals surface area contributed by atoms with Crippen molar-refractivity contribution in [1.82, 2.24) is 4.98 Å². The van der Waals surface area contributed by atoms with E-state index in [0.717, 1.165) is 11.1 Å². The summed E-state index contributed by atoms with van der Waals surface area (Å²) in [7, 11) is -3.96. The van der Waals surface area contributed by atoms with Gasteiger partial charge < -0.3 is 15.3 Å². The number of amides is 1. The molecule has 5 rings (SSSR count). The monoisotopic (exact) mass is 602 g/mol. The van der Waals surface area contributed by atoms with E-state index in [9.17, 15) is 33.3 Å². The van der Waals surface area contributed by atoms with Crippen molar-refractivity contribution in [3.63, 3.8) is 0 Å². The number of aliphatic hydroxyl groups is 1. The Bertz CT molecular complexity index is 1720. The summed E-state index contributed by atoms with van der Waals surface area (Å²) >= 11 is 6.80. The third-order valence-corrected chi connectivity index (χ3v) is 9.40. The summed E-state index contributed by atoms with van der Waals surface area (Å²) < 4.78 is 26.1. The lowest BCUT2D eigenvalue weighted by Gasteiger charge is -2.23. The SMILES string of the molecule is O=C1C(=O)N(c2ncc(S(=O)(=O)c3ccccc3)s2)C(c2ccc(O)c(Cl)c2)C1=C(O)c1ccc(O)cc1.S. The number of phenolic OH excluding ortho intramolecular Hbond substituents is 2. The van der Waals surface area contributed by atoms with Gasteiger partial charge in [-0.3, -0.25) is 14.5 Å². The van der Waals surface area contributed by atoms with E-state index in [1.54, 1.807) is 18.2 Å². The molecule has 3 N–H and O–H groups in total. The first-order valence-corrected chi connectivity index (χ1v) is 13.6. The van der Waals surface area contributed by atoms with Crippen LogP contribution in [0.2, 0.25) is 5.02 Å². The number of carbonyl (C=O) groups is 2. The molecule has 1 aromatic heterocycles. The summed E-state index contributed by atoms with van der Waals surface area (Å²) in [5.74, 6) is -2.91. The molecule has 0 spiro atoms. The zero-order valence-electron chi connectivity index (χ0n) is 19.6. The molecular weight excluding hydrogens is 584 g/mol. The van der Waals surface area contributed by atoms with Crippen LogP contribution in [0.25, 0.3) is 5.76 Å². The minimum atomic E-state index is -3.96. The van der Waals surface area contributed by atoms with Gasteiger partial charge >= 0.3 is 5.91 Å². The van der Waals surface area contributed by atoms with Gasteiger partial charge in [0.15, 0.2) is 5.13 Å². The summed E-state index contributed by atoms with van der Waals surface area (Å²) in [5.41, 5.74) is 0.113. The van der Waals surface area contributed by atoms with Crippen LogP contribution in [-0.2, 0) is 19.4 Å². The van der Waals surface area contributed by atoms with Gasteiger partial charge in [-0.2, -0.15) is 13.5 Å². The first-order chi connectivity index (χ1) is 18.1. The van der Waals surface area contributed by atoms with Gasteiger partial charge in [-0.25, -0.2) is 13.4 Å². The molecule has 4 aromatic rings. The Labute approximate surface area is 238 Å². The molecule has 0 aliphatic carbocycles. The fourth-order valence-electron chi connectivity index (χ4n) is 4.02. The van der Waals surface area contributed by atoms with Gasteiger partial charge in [0.05, 0.1) is 27.7 Å². The number of carbonyl (C=O) groups excluding carboxylic acids is 2. The van der Waals surface area contributed by atoms with Crippen LogP contribution >= 0.6 is 36.4 Å². The van der Waals surface area contributed by atoms with Gasteiger partial charge in [-0.05, 0) is 54.1 Å². The lowest BCUT2D eigenvalue weighted by molar-refractivity contribution is -0.132. The Morgan fingerprint density at radius 1 is 0.974 bits per heavy atom. The summed E-state index contributed by atoms with van der Waals surface area (Å²) in [6, 6.07) is 15.8. The second-order valence-electron chi connectivity index (χ2n) is 8.21. The van der Waals surface area contributed by atoms with Crippen molar-refractivity contribution in [2.24, 2.45) is 0 Å². The number of phenols is 2. The first-order valence-electron chi connectivity index (χ1n) is 10.9. The third kappa shape index (κ3) is 4.99. The largest absolute Gasteiger partial charge is 0.508 e. The molecule has 1 saturated heterocycles. The highest BCUT2D eigenvalue weighted by Gasteiger charge is 2.48. The number of sulfone groups is 1. The number of rotatable bonds is 5. The number of hydrogen-bond acceptors (Lipinski definition) is 9. The van der Waals surface area contributed by atoms with Gasteiger partial charge in [0, 0.05) is 5.56 Å². The molecule has 1 amide bonds. The van der Waals surface area contributed by atoms with Crippen LogP contribution in [-0.4, -0.2) is 40.4 Å². The lowest BCUT2D eigenvalue weighted by Crippen LogP contribution is -2.29. The Morgan fingerprint density at radius 3 is 2.28 bits per heavy atom. The number of aromatic nitrogens is 1. The minimum Gasteiger partial charge on any atom is -0.508 e. The van der Waals surface area contributed by atoms with Crippen LogP contribution in [0.4, 0.5) is 5.13 Å². The number of halogens is 1. The van der Waals surface area contributed by atoms with Crippen molar-refractivity contribution in [2.75, 3.05) is 4.90 Å². The number of anilines is 1. The second kappa shape index (κ2) is 10.7. The number of hydrogen-bond donors (Lipinski definition) is 3. The first kappa shape index (κ1) is 28.2. The average molecular weight is 603 g/mol. The smallest absolute Gasteiger partial charge is 0.301 e. The summed E-state index contributed by atoms with van der Waals surface area (Å²) in [5, 5.41) is 30.5. The van der Waals surface area contributed by atoms with E-state index in [1.165, 1.54) is 54.6 Å². The molecule has 1 atom stereocenters. The van der Waals surface area contributed by atoms with Crippen molar-refractivity contribution in [3.8, 4) is 11.5 Å². The molecule has 3 aromatic carbocycles. The number of Topliss-reactive ketones (excluding diaryl/α,β-unsaturated/α-hetero) is 1. The van der Waals surface area contributed by atoms with Gasteiger partial charge in [0.25, 0.3) is 5.78 Å². The Kier molecular flexibility index (Phi) is 7.75. The van der Waals surface area contributed by atoms with E-state index in [-0.39, 0.29) is 61.0 Å². The molecule has 2 heterocycles. The highest BCUT2D eigenvalue weighted by Crippen LogP contribution is 2.45. The number of nitrogens with zero attached hydrogens (tertiary/aromatic N) is 2. The van der Waals surface area contributed by atoms with Crippen molar-refractivity contribution in [2.45, 2.75) is 15.1 Å². The quantitative estimate of drug-likeness (QED) is 0.168. The van der Waals surface area contributed by atoms with Crippen LogP contribution in [0.1, 0.15) is 17.2 Å². The third-order valence-electron chi connectivity index (χ3n) is 5.87. The molecule has 1 aliphatic heterocycles. The molecular formula is C26H19ClN2O7S3. The van der Waals surface area contributed by atoms with E-state index >= 15 is 0 Å². The van der Waals surface area contributed by atoms with Gasteiger partial charge in [-0.15, -0.1) is 0 Å². The standard InChI is InChI=1S/C26H17ClN2O7S2.H2S/c27-18-12-15(8-11-19(18)31)22-21(23(32)14-6-9-16(30)10-7-14)24(33)25(34)29(22)26-28-13-20(37-26)38(35,36)17-4-2-1-3-5-17;/h1-13,22,30-32H;1H2. The van der Waals surface area contributed by atoms with Crippen molar-refractivity contribution in [1.29, 1.82) is 0 Å². The Balaban J connectivity index is 0.00000353. The van der Waals surface area contributed by atoms with E-state index in [2.05, 4.69) is 4.98 Å².